The molecule has 0 spiro atoms. The summed E-state index contributed by atoms with van der Waals surface area (Å²) in [6.45, 7) is -0.227. The van der Waals surface area contributed by atoms with Gasteiger partial charge in [-0.15, -0.1) is 5.10 Å². The number of amides is 1. The van der Waals surface area contributed by atoms with Gasteiger partial charge in [0.25, 0.3) is 5.91 Å². The van der Waals surface area contributed by atoms with Crippen molar-refractivity contribution in [2.75, 3.05) is 6.54 Å². The molecule has 158 valence electrons. The van der Waals surface area contributed by atoms with Crippen LogP contribution in [-0.4, -0.2) is 26.8 Å². The molecule has 0 aliphatic rings. The molecule has 11 heteroatoms. The molecule has 0 bridgehead atoms. The highest BCUT2D eigenvalue weighted by molar-refractivity contribution is 5.94. The molecule has 3 aromatic rings. The Balaban J connectivity index is 1.75. The lowest BCUT2D eigenvalue weighted by Crippen LogP contribution is -2.32. The van der Waals surface area contributed by atoms with Crippen molar-refractivity contribution in [3.05, 3.63) is 75.7 Å². The zero-order valence-electron chi connectivity index (χ0n) is 15.5. The fourth-order valence-electron chi connectivity index (χ4n) is 2.76. The first-order valence-electron chi connectivity index (χ1n) is 8.62. The fourth-order valence-corrected chi connectivity index (χ4v) is 2.76. The number of rotatable bonds is 5. The number of alkyl halides is 3. The molecule has 0 aliphatic heterocycles. The van der Waals surface area contributed by atoms with Crippen LogP contribution in [0.3, 0.4) is 0 Å². The van der Waals surface area contributed by atoms with Gasteiger partial charge >= 0.3 is 11.9 Å². The number of hydrogen-bond donors (Lipinski definition) is 1. The third kappa shape index (κ3) is 4.39. The molecule has 1 aromatic heterocycles. The van der Waals surface area contributed by atoms with Crippen LogP contribution in [0.2, 0.25) is 0 Å². The van der Waals surface area contributed by atoms with E-state index in [0.29, 0.717) is 6.07 Å². The molecule has 0 aliphatic carbocycles. The Hall–Kier alpha value is -3.50. The van der Waals surface area contributed by atoms with E-state index in [1.165, 1.54) is 19.2 Å². The van der Waals surface area contributed by atoms with Gasteiger partial charge in [0.2, 0.25) is 0 Å². The minimum Gasteiger partial charge on any atom is -0.350 e. The van der Waals surface area contributed by atoms with E-state index >= 15 is 0 Å². The van der Waals surface area contributed by atoms with Crippen molar-refractivity contribution >= 4 is 5.91 Å². The molecule has 6 nitrogen and oxygen atoms in total. The van der Waals surface area contributed by atoms with Crippen LogP contribution in [0.25, 0.3) is 11.4 Å². The molecule has 30 heavy (non-hydrogen) atoms. The first-order chi connectivity index (χ1) is 14.1. The molecule has 1 N–H and O–H groups in total. The second kappa shape index (κ2) is 8.09. The molecule has 1 heterocycles. The van der Waals surface area contributed by atoms with Crippen LogP contribution in [0.1, 0.15) is 15.9 Å². The molecular formula is C19H15F5N4O2. The molecule has 3 rings (SSSR count). The predicted molar refractivity (Wildman–Crippen MR) is 96.6 cm³/mol. The van der Waals surface area contributed by atoms with Gasteiger partial charge in [0.1, 0.15) is 11.6 Å². The molecule has 0 saturated heterocycles. The number of nitrogens with zero attached hydrogens (tertiary/aromatic N) is 3. The Kier molecular flexibility index (Phi) is 5.72. The minimum atomic E-state index is -4.54. The monoisotopic (exact) mass is 426 g/mol. The van der Waals surface area contributed by atoms with Crippen LogP contribution in [0.4, 0.5) is 22.0 Å². The normalized spacial score (nSPS) is 11.5. The van der Waals surface area contributed by atoms with Crippen LogP contribution in [0, 0.1) is 11.6 Å². The van der Waals surface area contributed by atoms with Crippen molar-refractivity contribution in [2.24, 2.45) is 7.05 Å². The topological polar surface area (TPSA) is 68.9 Å². The lowest BCUT2D eigenvalue weighted by molar-refractivity contribution is -0.137. The molecule has 0 atom stereocenters. The van der Waals surface area contributed by atoms with Crippen molar-refractivity contribution in [1.82, 2.24) is 19.7 Å². The summed E-state index contributed by atoms with van der Waals surface area (Å²) in [6, 6.07) is 6.87. The summed E-state index contributed by atoms with van der Waals surface area (Å²) in [5, 5.41) is 6.40. The number of benzene rings is 2. The number of halogens is 5. The third-order valence-electron chi connectivity index (χ3n) is 4.27. The van der Waals surface area contributed by atoms with E-state index in [2.05, 4.69) is 10.4 Å². The van der Waals surface area contributed by atoms with Crippen LogP contribution >= 0.6 is 0 Å². The van der Waals surface area contributed by atoms with Gasteiger partial charge in [0.05, 0.1) is 17.7 Å². The Morgan fingerprint density at radius 3 is 2.53 bits per heavy atom. The fraction of sp³-hybridized carbons (Fsp3) is 0.211. The standard InChI is InChI=1S/C19H15F5N4O2/c1-27-16(11-3-2-4-12(9-11)19(22,23)24)26-28(18(27)30)8-7-25-17(29)14-6-5-13(20)10-15(14)21/h2-6,9-10H,7-8H2,1H3,(H,25,29). The Morgan fingerprint density at radius 2 is 1.87 bits per heavy atom. The van der Waals surface area contributed by atoms with Crippen LogP contribution in [0.15, 0.2) is 47.3 Å². The van der Waals surface area contributed by atoms with Gasteiger partial charge < -0.3 is 5.32 Å². The van der Waals surface area contributed by atoms with Crippen molar-refractivity contribution in [2.45, 2.75) is 12.7 Å². The van der Waals surface area contributed by atoms with Crippen LogP contribution < -0.4 is 11.0 Å². The number of carbonyl (C=O) groups is 1. The maximum absolute atomic E-state index is 13.6. The van der Waals surface area contributed by atoms with E-state index in [-0.39, 0.29) is 30.0 Å². The second-order valence-electron chi connectivity index (χ2n) is 6.35. The largest absolute Gasteiger partial charge is 0.416 e. The lowest BCUT2D eigenvalue weighted by Gasteiger charge is -2.08. The Labute approximate surface area is 166 Å². The highest BCUT2D eigenvalue weighted by Gasteiger charge is 2.31. The molecule has 0 unspecified atom stereocenters. The summed E-state index contributed by atoms with van der Waals surface area (Å²) in [6.07, 6.45) is -4.54. The highest BCUT2D eigenvalue weighted by atomic mass is 19.4. The zero-order chi connectivity index (χ0) is 22.1. The molecule has 0 radical (unpaired) electrons. The number of aromatic nitrogens is 3. The first-order valence-corrected chi connectivity index (χ1v) is 8.62. The summed E-state index contributed by atoms with van der Waals surface area (Å²) in [7, 11) is 1.36. The van der Waals surface area contributed by atoms with Gasteiger partial charge in [0.15, 0.2) is 5.82 Å². The molecule has 1 amide bonds. The van der Waals surface area contributed by atoms with Crippen LogP contribution in [0.5, 0.6) is 0 Å². The Morgan fingerprint density at radius 1 is 1.13 bits per heavy atom. The van der Waals surface area contributed by atoms with E-state index in [1.54, 1.807) is 0 Å². The van der Waals surface area contributed by atoms with E-state index in [4.69, 9.17) is 0 Å². The first kappa shape index (κ1) is 21.2. The number of nitrogens with one attached hydrogen (secondary N) is 1. The van der Waals surface area contributed by atoms with Crippen molar-refractivity contribution in [3.63, 3.8) is 0 Å². The van der Waals surface area contributed by atoms with Gasteiger partial charge in [-0.1, -0.05) is 12.1 Å². The highest BCUT2D eigenvalue weighted by Crippen LogP contribution is 2.31. The molecule has 2 aromatic carbocycles. The van der Waals surface area contributed by atoms with Crippen molar-refractivity contribution in [3.8, 4) is 11.4 Å². The van der Waals surface area contributed by atoms with Crippen molar-refractivity contribution < 1.29 is 26.7 Å². The molecule has 0 saturated carbocycles. The second-order valence-corrected chi connectivity index (χ2v) is 6.35. The number of carbonyl (C=O) groups excluding carboxylic acids is 1. The summed E-state index contributed by atoms with van der Waals surface area (Å²) in [5.41, 5.74) is -1.75. The van der Waals surface area contributed by atoms with Crippen molar-refractivity contribution in [1.29, 1.82) is 0 Å². The maximum Gasteiger partial charge on any atom is 0.416 e. The van der Waals surface area contributed by atoms with Crippen LogP contribution in [-0.2, 0) is 19.8 Å². The number of hydrogen-bond acceptors (Lipinski definition) is 3. The van der Waals surface area contributed by atoms with Gasteiger partial charge in [-0.3, -0.25) is 9.36 Å². The van der Waals surface area contributed by atoms with E-state index in [0.717, 1.165) is 33.5 Å². The Bertz CT molecular complexity index is 1150. The quantitative estimate of drug-likeness (QED) is 0.638. The summed E-state index contributed by atoms with van der Waals surface area (Å²) < 4.78 is 67.3. The van der Waals surface area contributed by atoms with Gasteiger partial charge in [-0.2, -0.15) is 13.2 Å². The SMILES string of the molecule is Cn1c(-c2cccc(C(F)(F)F)c2)nn(CCNC(=O)c2ccc(F)cc2F)c1=O. The van der Waals surface area contributed by atoms with Gasteiger partial charge in [-0.25, -0.2) is 18.3 Å². The summed E-state index contributed by atoms with van der Waals surface area (Å²) >= 11 is 0. The third-order valence-corrected chi connectivity index (χ3v) is 4.27. The zero-order valence-corrected chi connectivity index (χ0v) is 15.5. The molecular weight excluding hydrogens is 411 g/mol. The predicted octanol–water partition coefficient (Wildman–Crippen LogP) is 2.98. The average molecular weight is 426 g/mol. The lowest BCUT2D eigenvalue weighted by atomic mass is 10.1. The van der Waals surface area contributed by atoms with E-state index < -0.39 is 35.0 Å². The van der Waals surface area contributed by atoms with E-state index in [9.17, 15) is 31.5 Å². The summed E-state index contributed by atoms with van der Waals surface area (Å²) in [5.74, 6) is -2.66. The minimum absolute atomic E-state index is 0.0157. The smallest absolute Gasteiger partial charge is 0.350 e. The van der Waals surface area contributed by atoms with Gasteiger partial charge in [0, 0.05) is 25.2 Å². The average Bonchev–Trinajstić information content (AvgIpc) is 2.96. The summed E-state index contributed by atoms with van der Waals surface area (Å²) in [4.78, 5) is 24.3. The van der Waals surface area contributed by atoms with Gasteiger partial charge in [-0.05, 0) is 24.3 Å². The maximum atomic E-state index is 13.6. The van der Waals surface area contributed by atoms with E-state index in [1.807, 2.05) is 0 Å². The molecule has 0 fully saturated rings.